The van der Waals surface area contributed by atoms with Crippen LogP contribution < -0.4 is 5.73 Å². The summed E-state index contributed by atoms with van der Waals surface area (Å²) in [5.74, 6) is 1.14. The number of nitrogen functional groups attached to an aromatic ring is 1. The summed E-state index contributed by atoms with van der Waals surface area (Å²) in [6, 6.07) is 5.34. The number of halogens is 2. The van der Waals surface area contributed by atoms with E-state index < -0.39 is 0 Å². The second kappa shape index (κ2) is 4.85. The first-order chi connectivity index (χ1) is 9.58. The number of aromatic nitrogens is 4. The molecule has 5 nitrogen and oxygen atoms in total. The molecule has 3 rings (SSSR count). The van der Waals surface area contributed by atoms with Crippen molar-refractivity contribution in [2.24, 2.45) is 7.05 Å². The Morgan fingerprint density at radius 1 is 1.25 bits per heavy atom. The lowest BCUT2D eigenvalue weighted by Gasteiger charge is -2.06. The van der Waals surface area contributed by atoms with Gasteiger partial charge in [-0.1, -0.05) is 29.3 Å². The predicted octanol–water partition coefficient (Wildman–Crippen LogP) is 3.37. The molecular formula is C13H11Cl2N5. The minimum atomic E-state index is 0.390. The van der Waals surface area contributed by atoms with Crippen LogP contribution in [0.2, 0.25) is 10.0 Å². The number of aryl methyl sites for hydroxylation is 1. The van der Waals surface area contributed by atoms with Crippen molar-refractivity contribution in [3.63, 3.8) is 0 Å². The maximum Gasteiger partial charge on any atom is 0.158 e. The molecule has 3 N–H and O–H groups in total. The van der Waals surface area contributed by atoms with Gasteiger partial charge in [-0.05, 0) is 17.7 Å². The quantitative estimate of drug-likeness (QED) is 0.762. The van der Waals surface area contributed by atoms with Gasteiger partial charge in [-0.2, -0.15) is 5.10 Å². The van der Waals surface area contributed by atoms with Gasteiger partial charge in [0.15, 0.2) is 11.6 Å². The lowest BCUT2D eigenvalue weighted by atomic mass is 10.1. The van der Waals surface area contributed by atoms with Gasteiger partial charge in [0, 0.05) is 19.4 Å². The second-order valence-electron chi connectivity index (χ2n) is 4.35. The number of nitrogens with two attached hydrogens (primary N) is 1. The number of nitrogens with zero attached hydrogens (tertiary/aromatic N) is 3. The smallest absolute Gasteiger partial charge is 0.158 e. The van der Waals surface area contributed by atoms with Crippen molar-refractivity contribution in [1.29, 1.82) is 0 Å². The van der Waals surface area contributed by atoms with E-state index in [-0.39, 0.29) is 0 Å². The van der Waals surface area contributed by atoms with Crippen molar-refractivity contribution < 1.29 is 0 Å². The van der Waals surface area contributed by atoms with Crippen LogP contribution in [-0.2, 0) is 7.05 Å². The highest BCUT2D eigenvalue weighted by Crippen LogP contribution is 2.36. The molecule has 1 aromatic carbocycles. The van der Waals surface area contributed by atoms with Crippen LogP contribution in [0.5, 0.6) is 0 Å². The predicted molar refractivity (Wildman–Crippen MR) is 80.7 cm³/mol. The number of rotatable bonds is 2. The Morgan fingerprint density at radius 3 is 2.70 bits per heavy atom. The van der Waals surface area contributed by atoms with Crippen LogP contribution in [0.15, 0.2) is 30.6 Å². The molecule has 2 aromatic heterocycles. The molecule has 102 valence electrons. The molecule has 0 saturated heterocycles. The van der Waals surface area contributed by atoms with Gasteiger partial charge in [-0.3, -0.25) is 5.10 Å². The summed E-state index contributed by atoms with van der Waals surface area (Å²) in [6.45, 7) is 0. The van der Waals surface area contributed by atoms with Gasteiger partial charge in [0.05, 0.1) is 15.6 Å². The molecule has 0 radical (unpaired) electrons. The number of imidazole rings is 1. The van der Waals surface area contributed by atoms with Crippen LogP contribution in [0.25, 0.3) is 22.6 Å². The third-order valence-corrected chi connectivity index (χ3v) is 3.79. The number of H-pyrrole nitrogens is 1. The van der Waals surface area contributed by atoms with Crippen LogP contribution in [0.4, 0.5) is 5.82 Å². The average Bonchev–Trinajstić information content (AvgIpc) is 2.99. The molecule has 0 amide bonds. The Kier molecular flexibility index (Phi) is 3.16. The Morgan fingerprint density at radius 2 is 2.05 bits per heavy atom. The zero-order chi connectivity index (χ0) is 14.3. The normalized spacial score (nSPS) is 10.9. The van der Waals surface area contributed by atoms with Crippen molar-refractivity contribution in [1.82, 2.24) is 19.7 Å². The Labute approximate surface area is 125 Å². The summed E-state index contributed by atoms with van der Waals surface area (Å²) in [5, 5.41) is 7.95. The summed E-state index contributed by atoms with van der Waals surface area (Å²) in [5.41, 5.74) is 8.30. The van der Waals surface area contributed by atoms with Gasteiger partial charge in [-0.15, -0.1) is 0 Å². The van der Waals surface area contributed by atoms with Crippen LogP contribution in [-0.4, -0.2) is 19.7 Å². The van der Waals surface area contributed by atoms with Gasteiger partial charge < -0.3 is 10.3 Å². The van der Waals surface area contributed by atoms with Crippen molar-refractivity contribution in [3.05, 3.63) is 40.6 Å². The maximum absolute atomic E-state index is 6.07. The van der Waals surface area contributed by atoms with E-state index in [2.05, 4.69) is 15.2 Å². The minimum absolute atomic E-state index is 0.390. The zero-order valence-electron chi connectivity index (χ0n) is 10.6. The maximum atomic E-state index is 6.07. The number of anilines is 1. The van der Waals surface area contributed by atoms with Gasteiger partial charge in [0.1, 0.15) is 5.69 Å². The van der Waals surface area contributed by atoms with E-state index in [4.69, 9.17) is 28.9 Å². The molecule has 0 unspecified atom stereocenters. The topological polar surface area (TPSA) is 72.5 Å². The zero-order valence-corrected chi connectivity index (χ0v) is 12.1. The van der Waals surface area contributed by atoms with Crippen LogP contribution in [0.1, 0.15) is 0 Å². The first kappa shape index (κ1) is 13.0. The van der Waals surface area contributed by atoms with E-state index in [1.165, 1.54) is 0 Å². The molecule has 3 aromatic rings. The van der Waals surface area contributed by atoms with Crippen molar-refractivity contribution in [2.45, 2.75) is 0 Å². The fourth-order valence-electron chi connectivity index (χ4n) is 2.07. The van der Waals surface area contributed by atoms with E-state index >= 15 is 0 Å². The summed E-state index contributed by atoms with van der Waals surface area (Å²) in [6.07, 6.45) is 3.57. The van der Waals surface area contributed by atoms with Gasteiger partial charge in [0.25, 0.3) is 0 Å². The highest BCUT2D eigenvalue weighted by Gasteiger charge is 2.18. The van der Waals surface area contributed by atoms with E-state index in [9.17, 15) is 0 Å². The summed E-state index contributed by atoms with van der Waals surface area (Å²) in [4.78, 5) is 4.30. The van der Waals surface area contributed by atoms with E-state index in [1.54, 1.807) is 18.3 Å². The van der Waals surface area contributed by atoms with Crippen LogP contribution >= 0.6 is 23.2 Å². The number of benzene rings is 1. The molecule has 0 bridgehead atoms. The molecule has 7 heteroatoms. The third kappa shape index (κ3) is 2.05. The lowest BCUT2D eigenvalue weighted by Crippen LogP contribution is -1.94. The van der Waals surface area contributed by atoms with E-state index in [0.29, 0.717) is 15.9 Å². The Hall–Kier alpha value is -1.98. The van der Waals surface area contributed by atoms with Gasteiger partial charge in [-0.25, -0.2) is 4.98 Å². The van der Waals surface area contributed by atoms with Gasteiger partial charge in [0.2, 0.25) is 0 Å². The lowest BCUT2D eigenvalue weighted by molar-refractivity contribution is 0.914. The molecule has 0 aliphatic carbocycles. The Balaban J connectivity index is 2.21. The number of hydrogen-bond donors (Lipinski definition) is 2. The van der Waals surface area contributed by atoms with Gasteiger partial charge >= 0.3 is 0 Å². The van der Waals surface area contributed by atoms with E-state index in [0.717, 1.165) is 22.6 Å². The third-order valence-electron chi connectivity index (χ3n) is 3.05. The van der Waals surface area contributed by atoms with Crippen molar-refractivity contribution >= 4 is 29.0 Å². The first-order valence-corrected chi connectivity index (χ1v) is 6.60. The highest BCUT2D eigenvalue weighted by molar-refractivity contribution is 6.42. The summed E-state index contributed by atoms with van der Waals surface area (Å²) < 4.78 is 1.88. The fourth-order valence-corrected chi connectivity index (χ4v) is 2.37. The molecule has 0 aliphatic rings. The Bertz CT molecular complexity index is 775. The summed E-state index contributed by atoms with van der Waals surface area (Å²) in [7, 11) is 1.90. The van der Waals surface area contributed by atoms with Crippen LogP contribution in [0, 0.1) is 0 Å². The van der Waals surface area contributed by atoms with Crippen LogP contribution in [0.3, 0.4) is 0 Å². The molecule has 0 saturated carbocycles. The molecule has 20 heavy (non-hydrogen) atoms. The van der Waals surface area contributed by atoms with Crippen molar-refractivity contribution in [2.75, 3.05) is 5.73 Å². The number of nitrogens with one attached hydrogen (secondary N) is 1. The first-order valence-electron chi connectivity index (χ1n) is 5.85. The monoisotopic (exact) mass is 307 g/mol. The SMILES string of the molecule is Cn1ccnc1-c1[nH]nc(N)c1-c1ccc(Cl)c(Cl)c1. The number of hydrogen-bond acceptors (Lipinski definition) is 3. The highest BCUT2D eigenvalue weighted by atomic mass is 35.5. The molecule has 0 fully saturated rings. The van der Waals surface area contributed by atoms with E-state index in [1.807, 2.05) is 23.9 Å². The standard InChI is InChI=1S/C13H11Cl2N5/c1-20-5-4-17-13(20)11-10(12(16)19-18-11)7-2-3-8(14)9(15)6-7/h2-6H,1H3,(H3,16,18,19). The summed E-state index contributed by atoms with van der Waals surface area (Å²) >= 11 is 12.0. The number of aromatic amines is 1. The largest absolute Gasteiger partial charge is 0.382 e. The molecule has 0 aliphatic heterocycles. The fraction of sp³-hybridized carbons (Fsp3) is 0.0769. The molecule has 2 heterocycles. The molecular weight excluding hydrogens is 297 g/mol. The van der Waals surface area contributed by atoms with Crippen molar-refractivity contribution in [3.8, 4) is 22.6 Å². The molecule has 0 atom stereocenters. The average molecular weight is 308 g/mol. The minimum Gasteiger partial charge on any atom is -0.382 e. The molecule has 0 spiro atoms. The second-order valence-corrected chi connectivity index (χ2v) is 5.16.